The van der Waals surface area contributed by atoms with Crippen molar-refractivity contribution in [2.45, 2.75) is 23.6 Å². The van der Waals surface area contributed by atoms with Gasteiger partial charge in [0.05, 0.1) is 22.8 Å². The molecule has 0 bridgehead atoms. The minimum Gasteiger partial charge on any atom is -0.345 e. The lowest BCUT2D eigenvalue weighted by Gasteiger charge is -2.13. The van der Waals surface area contributed by atoms with Crippen LogP contribution in [0.2, 0.25) is 10.0 Å². The van der Waals surface area contributed by atoms with Gasteiger partial charge in [0, 0.05) is 16.3 Å². The second-order valence-corrected chi connectivity index (χ2v) is 9.29. The predicted octanol–water partition coefficient (Wildman–Crippen LogP) is 6.95. The van der Waals surface area contributed by atoms with Crippen LogP contribution in [0.5, 0.6) is 0 Å². The summed E-state index contributed by atoms with van der Waals surface area (Å²) in [5.41, 5.74) is 0.269. The Morgan fingerprint density at radius 1 is 1.00 bits per heavy atom. The minimum atomic E-state index is -4.57. The molecule has 3 aromatic carbocycles. The van der Waals surface area contributed by atoms with Crippen LogP contribution < -0.4 is 5.32 Å². The normalized spacial score (nSPS) is 11.5. The van der Waals surface area contributed by atoms with Crippen molar-refractivity contribution in [2.75, 3.05) is 0 Å². The molecule has 5 nitrogen and oxygen atoms in total. The second-order valence-electron chi connectivity index (χ2n) is 7.51. The number of rotatable bonds is 7. The Kier molecular flexibility index (Phi) is 7.87. The third-order valence-corrected chi connectivity index (χ3v) is 6.53. The summed E-state index contributed by atoms with van der Waals surface area (Å²) in [6.07, 6.45) is -4.57. The molecule has 0 aliphatic rings. The maximum absolute atomic E-state index is 13.2. The van der Waals surface area contributed by atoms with Gasteiger partial charge >= 0.3 is 6.18 Å². The minimum absolute atomic E-state index is 0.141. The number of carbonyl (C=O) groups is 1. The van der Waals surface area contributed by atoms with Crippen LogP contribution in [0.3, 0.4) is 0 Å². The smallest absolute Gasteiger partial charge is 0.345 e. The van der Waals surface area contributed by atoms with E-state index in [1.807, 2.05) is 0 Å². The van der Waals surface area contributed by atoms with Gasteiger partial charge in [-0.05, 0) is 54.1 Å². The van der Waals surface area contributed by atoms with Gasteiger partial charge in [-0.15, -0.1) is 10.2 Å². The Labute approximate surface area is 217 Å². The van der Waals surface area contributed by atoms with Crippen LogP contribution >= 0.6 is 35.0 Å². The van der Waals surface area contributed by atoms with E-state index in [4.69, 9.17) is 23.2 Å². The fourth-order valence-corrected chi connectivity index (χ4v) is 4.65. The third kappa shape index (κ3) is 6.18. The number of hydrogen-bond acceptors (Lipinski definition) is 4. The zero-order chi connectivity index (χ0) is 25.9. The molecule has 0 fully saturated rings. The fourth-order valence-electron chi connectivity index (χ4n) is 3.24. The highest BCUT2D eigenvalue weighted by Crippen LogP contribution is 2.31. The molecule has 12 heteroatoms. The molecule has 0 radical (unpaired) electrons. The number of benzene rings is 3. The Bertz CT molecular complexity index is 1390. The topological polar surface area (TPSA) is 59.8 Å². The molecule has 186 valence electrons. The summed E-state index contributed by atoms with van der Waals surface area (Å²) in [6.45, 7) is -0.141. The number of carbonyl (C=O) groups excluding carboxylic acids is 1. The van der Waals surface area contributed by atoms with Crippen molar-refractivity contribution < 1.29 is 22.4 Å². The lowest BCUT2D eigenvalue weighted by atomic mass is 10.1. The molecule has 0 atom stereocenters. The first kappa shape index (κ1) is 26.0. The molecule has 0 spiro atoms. The number of aromatic nitrogens is 3. The van der Waals surface area contributed by atoms with Gasteiger partial charge in [0.25, 0.3) is 5.91 Å². The molecule has 0 unspecified atom stereocenters. The van der Waals surface area contributed by atoms with E-state index in [-0.39, 0.29) is 17.9 Å². The molecule has 0 aliphatic heterocycles. The van der Waals surface area contributed by atoms with Crippen LogP contribution in [0.1, 0.15) is 27.3 Å². The maximum Gasteiger partial charge on any atom is 0.416 e. The van der Waals surface area contributed by atoms with E-state index in [0.717, 1.165) is 23.8 Å². The third-order valence-electron chi connectivity index (χ3n) is 4.99. The molecule has 1 aromatic heterocycles. The van der Waals surface area contributed by atoms with Gasteiger partial charge in [0.2, 0.25) is 0 Å². The SMILES string of the molecule is O=C(NCc1nnc(SCc2ccc(F)cc2)n1-c1ccc(Cl)cc1Cl)c1cccc(C(F)(F)F)c1. The summed E-state index contributed by atoms with van der Waals surface area (Å²) in [6, 6.07) is 14.9. The van der Waals surface area contributed by atoms with Gasteiger partial charge in [-0.25, -0.2) is 4.39 Å². The number of alkyl halides is 3. The van der Waals surface area contributed by atoms with Gasteiger partial charge in [0.15, 0.2) is 11.0 Å². The van der Waals surface area contributed by atoms with Crippen molar-refractivity contribution in [1.82, 2.24) is 20.1 Å². The van der Waals surface area contributed by atoms with Crippen LogP contribution in [0.4, 0.5) is 17.6 Å². The molecule has 36 heavy (non-hydrogen) atoms. The lowest BCUT2D eigenvalue weighted by Crippen LogP contribution is -2.25. The van der Waals surface area contributed by atoms with Gasteiger partial charge < -0.3 is 5.32 Å². The number of nitrogens with one attached hydrogen (secondary N) is 1. The number of amides is 1. The van der Waals surface area contributed by atoms with E-state index in [2.05, 4.69) is 15.5 Å². The first-order valence-electron chi connectivity index (χ1n) is 10.3. The Balaban J connectivity index is 1.59. The summed E-state index contributed by atoms with van der Waals surface area (Å²) in [7, 11) is 0. The summed E-state index contributed by atoms with van der Waals surface area (Å²) < 4.78 is 53.9. The Hall–Kier alpha value is -3.08. The predicted molar refractivity (Wildman–Crippen MR) is 130 cm³/mol. The molecular weight excluding hydrogens is 539 g/mol. The van der Waals surface area contributed by atoms with Crippen LogP contribution in [0, 0.1) is 5.82 Å². The van der Waals surface area contributed by atoms with Crippen molar-refractivity contribution in [2.24, 2.45) is 0 Å². The highest BCUT2D eigenvalue weighted by molar-refractivity contribution is 7.98. The monoisotopic (exact) mass is 554 g/mol. The number of thioether (sulfide) groups is 1. The maximum atomic E-state index is 13.2. The highest BCUT2D eigenvalue weighted by atomic mass is 35.5. The van der Waals surface area contributed by atoms with Crippen LogP contribution in [-0.4, -0.2) is 20.7 Å². The van der Waals surface area contributed by atoms with Gasteiger partial charge in [0.1, 0.15) is 5.82 Å². The molecular formula is C24H16Cl2F4N4OS. The molecule has 4 aromatic rings. The summed E-state index contributed by atoms with van der Waals surface area (Å²) in [5.74, 6) is -0.321. The lowest BCUT2D eigenvalue weighted by molar-refractivity contribution is -0.137. The molecule has 4 rings (SSSR count). The number of hydrogen-bond donors (Lipinski definition) is 1. The first-order chi connectivity index (χ1) is 17.1. The van der Waals surface area contributed by atoms with Crippen molar-refractivity contribution in [3.05, 3.63) is 105 Å². The fraction of sp³-hybridized carbons (Fsp3) is 0.125. The van der Waals surface area contributed by atoms with Crippen LogP contribution in [0.15, 0.2) is 71.9 Å². The largest absolute Gasteiger partial charge is 0.416 e. The van der Waals surface area contributed by atoms with E-state index >= 15 is 0 Å². The number of halogens is 6. The van der Waals surface area contributed by atoms with Crippen molar-refractivity contribution in [3.63, 3.8) is 0 Å². The molecule has 0 saturated carbocycles. The van der Waals surface area contributed by atoms with E-state index in [1.54, 1.807) is 28.8 Å². The van der Waals surface area contributed by atoms with Crippen LogP contribution in [0.25, 0.3) is 5.69 Å². The van der Waals surface area contributed by atoms with Gasteiger partial charge in [-0.3, -0.25) is 9.36 Å². The average molecular weight is 555 g/mol. The number of nitrogens with zero attached hydrogens (tertiary/aromatic N) is 3. The zero-order valence-electron chi connectivity index (χ0n) is 18.2. The summed E-state index contributed by atoms with van der Waals surface area (Å²) in [5, 5.41) is 12.1. The first-order valence-corrected chi connectivity index (χ1v) is 12.1. The highest BCUT2D eigenvalue weighted by Gasteiger charge is 2.31. The summed E-state index contributed by atoms with van der Waals surface area (Å²) >= 11 is 13.7. The molecule has 1 N–H and O–H groups in total. The molecule has 0 saturated heterocycles. The Morgan fingerprint density at radius 3 is 2.44 bits per heavy atom. The van der Waals surface area contributed by atoms with Crippen molar-refractivity contribution in [1.29, 1.82) is 0 Å². The molecule has 1 amide bonds. The van der Waals surface area contributed by atoms with Crippen molar-refractivity contribution >= 4 is 40.9 Å². The molecule has 0 aliphatic carbocycles. The van der Waals surface area contributed by atoms with Crippen molar-refractivity contribution in [3.8, 4) is 5.69 Å². The quantitative estimate of drug-likeness (QED) is 0.198. The van der Waals surface area contributed by atoms with E-state index in [1.165, 1.54) is 36.0 Å². The zero-order valence-corrected chi connectivity index (χ0v) is 20.5. The summed E-state index contributed by atoms with van der Waals surface area (Å²) in [4.78, 5) is 12.6. The van der Waals surface area contributed by atoms with Gasteiger partial charge in [-0.2, -0.15) is 13.2 Å². The van der Waals surface area contributed by atoms with E-state index < -0.39 is 17.6 Å². The molecule has 1 heterocycles. The van der Waals surface area contributed by atoms with E-state index in [9.17, 15) is 22.4 Å². The van der Waals surface area contributed by atoms with E-state index in [0.29, 0.717) is 32.5 Å². The Morgan fingerprint density at radius 2 is 1.75 bits per heavy atom. The van der Waals surface area contributed by atoms with Gasteiger partial charge in [-0.1, -0.05) is 53.2 Å². The average Bonchev–Trinajstić information content (AvgIpc) is 3.24. The van der Waals surface area contributed by atoms with Crippen LogP contribution in [-0.2, 0) is 18.5 Å². The standard InChI is InChI=1S/C24H16Cl2F4N4OS/c25-17-6-9-20(19(26)11-17)34-21(32-33-23(34)36-13-14-4-7-18(27)8-5-14)12-31-22(35)15-2-1-3-16(10-15)24(28,29)30/h1-11H,12-13H2,(H,31,35). The second kappa shape index (κ2) is 10.9.